The lowest BCUT2D eigenvalue weighted by molar-refractivity contribution is -0.153. The summed E-state index contributed by atoms with van der Waals surface area (Å²) in [5, 5.41) is 24.5. The van der Waals surface area contributed by atoms with Crippen molar-refractivity contribution in [2.75, 3.05) is 6.54 Å². The monoisotopic (exact) mass is 507 g/mol. The summed E-state index contributed by atoms with van der Waals surface area (Å²) in [6.45, 7) is 2.88. The van der Waals surface area contributed by atoms with Crippen molar-refractivity contribution in [3.05, 3.63) is 47.7 Å². The van der Waals surface area contributed by atoms with Crippen LogP contribution in [0.25, 0.3) is 5.65 Å². The van der Waals surface area contributed by atoms with Crippen LogP contribution in [0.5, 0.6) is 0 Å². The quantitative estimate of drug-likeness (QED) is 0.314. The number of carbonyl (C=O) groups is 3. The van der Waals surface area contributed by atoms with Crippen molar-refractivity contribution < 1.29 is 19.5 Å². The van der Waals surface area contributed by atoms with E-state index >= 15 is 0 Å². The van der Waals surface area contributed by atoms with Gasteiger partial charge in [-0.2, -0.15) is 10.2 Å². The number of carbonyl (C=O) groups excluding carboxylic acids is 2. The number of nitrogens with zero attached hydrogens (tertiary/aromatic N) is 5. The molecule has 1 aliphatic heterocycles. The maximum absolute atomic E-state index is 13.3. The number of hydrogen-bond acceptors (Lipinski definition) is 6. The van der Waals surface area contributed by atoms with Gasteiger partial charge in [-0.25, -0.2) is 9.50 Å². The van der Waals surface area contributed by atoms with Gasteiger partial charge in [0.1, 0.15) is 5.69 Å². The van der Waals surface area contributed by atoms with E-state index in [0.29, 0.717) is 30.1 Å². The third-order valence-electron chi connectivity index (χ3n) is 7.78. The second-order valence-electron chi connectivity index (χ2n) is 10.1. The Hall–Kier alpha value is -3.76. The van der Waals surface area contributed by atoms with E-state index in [0.717, 1.165) is 31.4 Å². The number of rotatable bonds is 8. The van der Waals surface area contributed by atoms with Gasteiger partial charge in [0.15, 0.2) is 11.1 Å². The number of hydrogen-bond donors (Lipinski definition) is 3. The number of carboxylic acids is 1. The van der Waals surface area contributed by atoms with Crippen LogP contribution in [0.2, 0.25) is 0 Å². The zero-order chi connectivity index (χ0) is 26.0. The fourth-order valence-corrected chi connectivity index (χ4v) is 5.68. The van der Waals surface area contributed by atoms with E-state index in [2.05, 4.69) is 20.8 Å². The molecule has 1 saturated carbocycles. The Morgan fingerprint density at radius 2 is 2.00 bits per heavy atom. The van der Waals surface area contributed by atoms with Crippen molar-refractivity contribution in [1.82, 2.24) is 35.0 Å². The van der Waals surface area contributed by atoms with Gasteiger partial charge in [-0.15, -0.1) is 0 Å². The van der Waals surface area contributed by atoms with Gasteiger partial charge in [0, 0.05) is 25.7 Å². The van der Waals surface area contributed by atoms with Crippen molar-refractivity contribution >= 4 is 23.4 Å². The predicted molar refractivity (Wildman–Crippen MR) is 134 cm³/mol. The van der Waals surface area contributed by atoms with Crippen LogP contribution in [0.4, 0.5) is 0 Å². The molecule has 2 aliphatic rings. The Morgan fingerprint density at radius 1 is 1.22 bits per heavy atom. The molecule has 5 rings (SSSR count). The minimum absolute atomic E-state index is 0.00141. The third kappa shape index (κ3) is 4.82. The summed E-state index contributed by atoms with van der Waals surface area (Å²) in [5.74, 6) is -1.56. The first-order valence-electron chi connectivity index (χ1n) is 13.1. The minimum Gasteiger partial charge on any atom is -0.480 e. The summed E-state index contributed by atoms with van der Waals surface area (Å²) >= 11 is 0. The van der Waals surface area contributed by atoms with Crippen molar-refractivity contribution in [3.63, 3.8) is 0 Å². The van der Waals surface area contributed by atoms with Crippen LogP contribution in [0.3, 0.4) is 0 Å². The van der Waals surface area contributed by atoms with Crippen molar-refractivity contribution in [3.8, 4) is 0 Å². The molecule has 196 valence electrons. The molecule has 3 aromatic rings. The van der Waals surface area contributed by atoms with Gasteiger partial charge in [0.2, 0.25) is 5.91 Å². The average molecular weight is 508 g/mol. The van der Waals surface area contributed by atoms with E-state index in [9.17, 15) is 19.5 Å². The largest absolute Gasteiger partial charge is 0.480 e. The van der Waals surface area contributed by atoms with E-state index in [1.807, 2.05) is 13.1 Å². The molecule has 0 bridgehead atoms. The van der Waals surface area contributed by atoms with Gasteiger partial charge < -0.3 is 15.7 Å². The van der Waals surface area contributed by atoms with E-state index in [-0.39, 0.29) is 30.7 Å². The first kappa shape index (κ1) is 24.9. The van der Waals surface area contributed by atoms with Gasteiger partial charge in [-0.05, 0) is 50.3 Å². The van der Waals surface area contributed by atoms with Gasteiger partial charge in [-0.1, -0.05) is 25.7 Å². The van der Waals surface area contributed by atoms with Crippen LogP contribution in [0, 0.1) is 11.3 Å². The Labute approximate surface area is 214 Å². The Morgan fingerprint density at radius 3 is 2.68 bits per heavy atom. The summed E-state index contributed by atoms with van der Waals surface area (Å²) in [4.78, 5) is 42.4. The molecule has 3 aromatic heterocycles. The second-order valence-corrected chi connectivity index (χ2v) is 10.1. The van der Waals surface area contributed by atoms with E-state index in [1.165, 1.54) is 12.8 Å². The number of fused-ring (bicyclic) bond motifs is 1. The van der Waals surface area contributed by atoms with Crippen LogP contribution in [-0.2, 0) is 22.6 Å². The number of nitrogens with one attached hydrogen (secondary N) is 2. The molecule has 37 heavy (non-hydrogen) atoms. The first-order chi connectivity index (χ1) is 17.9. The molecule has 2 amide bonds. The molecule has 11 heteroatoms. The lowest BCUT2D eigenvalue weighted by Crippen LogP contribution is -2.40. The smallest absolute Gasteiger partial charge is 0.319 e. The van der Waals surface area contributed by atoms with Crippen molar-refractivity contribution in [1.29, 1.82) is 0 Å². The molecule has 1 saturated heterocycles. The number of amides is 2. The Kier molecular flexibility index (Phi) is 6.94. The van der Waals surface area contributed by atoms with Crippen LogP contribution < -0.4 is 10.6 Å². The highest BCUT2D eigenvalue weighted by Gasteiger charge is 2.49. The molecule has 2 fully saturated rings. The lowest BCUT2D eigenvalue weighted by Gasteiger charge is -2.26. The molecule has 2 unspecified atom stereocenters. The first-order valence-corrected chi connectivity index (χ1v) is 13.1. The topological polar surface area (TPSA) is 144 Å². The fourth-order valence-electron chi connectivity index (χ4n) is 5.68. The zero-order valence-electron chi connectivity index (χ0n) is 21.0. The molecule has 2 atom stereocenters. The number of carboxylic acid groups (broad SMARTS) is 1. The zero-order valence-corrected chi connectivity index (χ0v) is 21.0. The highest BCUT2D eigenvalue weighted by atomic mass is 16.4. The molecule has 11 nitrogen and oxygen atoms in total. The Balaban J connectivity index is 1.45. The standard InChI is InChI=1S/C26H33N7O4/c1-2-32-20(11-13-28-32)23(34)30-22(17-7-5-3-4-6-8-17)19-16-33-21(29-19)10-9-18(31-33)15-26(25(36)37)12-14-27-24(26)35/h9-11,13,16-17,22H,2-8,12,14-15H2,1H3,(H,27,35)(H,30,34)(H,36,37). The van der Waals surface area contributed by atoms with Gasteiger partial charge >= 0.3 is 5.97 Å². The van der Waals surface area contributed by atoms with Crippen LogP contribution in [-0.4, -0.2) is 53.8 Å². The van der Waals surface area contributed by atoms with Gasteiger partial charge in [0.25, 0.3) is 5.91 Å². The number of imidazole rings is 1. The summed E-state index contributed by atoms with van der Waals surface area (Å²) < 4.78 is 3.30. The molecule has 1 aliphatic carbocycles. The predicted octanol–water partition coefficient (Wildman–Crippen LogP) is 2.52. The molecule has 3 N–H and O–H groups in total. The van der Waals surface area contributed by atoms with Crippen LogP contribution in [0.15, 0.2) is 30.6 Å². The Bertz CT molecular complexity index is 1310. The van der Waals surface area contributed by atoms with Gasteiger partial charge in [-0.3, -0.25) is 19.1 Å². The fraction of sp³-hybridized carbons (Fsp3) is 0.538. The molecular weight excluding hydrogens is 474 g/mol. The summed E-state index contributed by atoms with van der Waals surface area (Å²) in [7, 11) is 0. The highest BCUT2D eigenvalue weighted by molar-refractivity contribution is 6.03. The highest BCUT2D eigenvalue weighted by Crippen LogP contribution is 2.34. The molecular formula is C26H33N7O4. The van der Waals surface area contributed by atoms with E-state index in [1.54, 1.807) is 33.6 Å². The molecule has 0 spiro atoms. The van der Waals surface area contributed by atoms with Crippen LogP contribution in [0.1, 0.15) is 79.8 Å². The van der Waals surface area contributed by atoms with Crippen molar-refractivity contribution in [2.24, 2.45) is 11.3 Å². The normalized spacial score (nSPS) is 21.5. The second kappa shape index (κ2) is 10.3. The van der Waals surface area contributed by atoms with Crippen molar-refractivity contribution in [2.45, 2.75) is 70.9 Å². The molecule has 0 aromatic carbocycles. The molecule has 4 heterocycles. The lowest BCUT2D eigenvalue weighted by atomic mass is 9.81. The van der Waals surface area contributed by atoms with E-state index < -0.39 is 17.3 Å². The SMILES string of the molecule is CCn1nccc1C(=O)NC(c1cn2nc(CC3(C(=O)O)CCNC3=O)ccc2n1)C1CCCCCC1. The van der Waals surface area contributed by atoms with Crippen LogP contribution >= 0.6 is 0 Å². The van der Waals surface area contributed by atoms with Gasteiger partial charge in [0.05, 0.1) is 23.6 Å². The number of aryl methyl sites for hydroxylation is 1. The summed E-state index contributed by atoms with van der Waals surface area (Å²) in [6.07, 6.45) is 10.3. The third-order valence-corrected chi connectivity index (χ3v) is 7.78. The maximum Gasteiger partial charge on any atom is 0.319 e. The summed E-state index contributed by atoms with van der Waals surface area (Å²) in [5.41, 5.74) is 0.824. The number of aliphatic carboxylic acids is 1. The average Bonchev–Trinajstić information content (AvgIpc) is 3.56. The molecule has 0 radical (unpaired) electrons. The minimum atomic E-state index is -1.51. The number of aromatic nitrogens is 5. The van der Waals surface area contributed by atoms with E-state index in [4.69, 9.17) is 4.98 Å². The maximum atomic E-state index is 13.3. The summed E-state index contributed by atoms with van der Waals surface area (Å²) in [6, 6.07) is 4.94.